The third-order valence-corrected chi connectivity index (χ3v) is 3.73. The highest BCUT2D eigenvalue weighted by molar-refractivity contribution is 5.99. The van der Waals surface area contributed by atoms with E-state index in [9.17, 15) is 4.79 Å². The number of aryl methyl sites for hydroxylation is 1. The standard InChI is InChI=1S/C18H26O2/c1-13(12-18(2,3)4)11-16(19)15-9-5-7-14-8-6-10-20-17(14)15/h5,7,9,13H,6,8,10-12H2,1-4H3. The first-order valence-corrected chi connectivity index (χ1v) is 7.65. The van der Waals surface area contributed by atoms with E-state index in [-0.39, 0.29) is 11.2 Å². The Kier molecular flexibility index (Phi) is 4.52. The molecule has 1 heterocycles. The van der Waals surface area contributed by atoms with Crippen LogP contribution in [-0.2, 0) is 6.42 Å². The average molecular weight is 274 g/mol. The smallest absolute Gasteiger partial charge is 0.166 e. The number of carbonyl (C=O) groups is 1. The number of ether oxygens (including phenoxy) is 1. The molecule has 0 N–H and O–H groups in total. The molecule has 1 unspecified atom stereocenters. The minimum absolute atomic E-state index is 0.223. The van der Waals surface area contributed by atoms with E-state index in [0.29, 0.717) is 12.3 Å². The van der Waals surface area contributed by atoms with Crippen molar-refractivity contribution < 1.29 is 9.53 Å². The number of fused-ring (bicyclic) bond motifs is 1. The van der Waals surface area contributed by atoms with E-state index in [1.54, 1.807) is 0 Å². The molecule has 0 bridgehead atoms. The lowest BCUT2D eigenvalue weighted by Crippen LogP contribution is -2.17. The summed E-state index contributed by atoms with van der Waals surface area (Å²) in [7, 11) is 0. The third kappa shape index (κ3) is 3.84. The molecule has 0 amide bonds. The van der Waals surface area contributed by atoms with Gasteiger partial charge in [-0.25, -0.2) is 0 Å². The SMILES string of the molecule is CC(CC(=O)c1cccc2c1OCCC2)CC(C)(C)C. The highest BCUT2D eigenvalue weighted by Crippen LogP contribution is 2.32. The van der Waals surface area contributed by atoms with Gasteiger partial charge in [0.25, 0.3) is 0 Å². The summed E-state index contributed by atoms with van der Waals surface area (Å²) in [4.78, 5) is 12.5. The largest absolute Gasteiger partial charge is 0.493 e. The first-order chi connectivity index (χ1) is 9.37. The molecule has 0 fully saturated rings. The highest BCUT2D eigenvalue weighted by atomic mass is 16.5. The van der Waals surface area contributed by atoms with Gasteiger partial charge >= 0.3 is 0 Å². The first-order valence-electron chi connectivity index (χ1n) is 7.65. The van der Waals surface area contributed by atoms with Gasteiger partial charge in [0.15, 0.2) is 5.78 Å². The molecule has 2 heteroatoms. The summed E-state index contributed by atoms with van der Waals surface area (Å²) in [6, 6.07) is 5.97. The number of benzene rings is 1. The lowest BCUT2D eigenvalue weighted by Gasteiger charge is -2.24. The Balaban J connectivity index is 2.10. The summed E-state index contributed by atoms with van der Waals surface area (Å²) >= 11 is 0. The molecule has 2 nitrogen and oxygen atoms in total. The monoisotopic (exact) mass is 274 g/mol. The normalized spacial score (nSPS) is 16.2. The molecular weight excluding hydrogens is 248 g/mol. The van der Waals surface area contributed by atoms with Gasteiger partial charge in [-0.3, -0.25) is 4.79 Å². The zero-order valence-corrected chi connectivity index (χ0v) is 13.2. The zero-order chi connectivity index (χ0) is 14.8. The molecular formula is C18H26O2. The molecule has 0 saturated carbocycles. The van der Waals surface area contributed by atoms with E-state index in [1.165, 1.54) is 5.56 Å². The maximum atomic E-state index is 12.5. The van der Waals surface area contributed by atoms with Crippen LogP contribution in [0, 0.1) is 11.3 Å². The predicted molar refractivity (Wildman–Crippen MR) is 82.4 cm³/mol. The van der Waals surface area contributed by atoms with Crippen molar-refractivity contribution >= 4 is 5.78 Å². The topological polar surface area (TPSA) is 26.3 Å². The van der Waals surface area contributed by atoms with E-state index in [1.807, 2.05) is 12.1 Å². The van der Waals surface area contributed by atoms with Gasteiger partial charge in [0.2, 0.25) is 0 Å². The number of hydrogen-bond donors (Lipinski definition) is 0. The molecule has 1 aromatic rings. The first kappa shape index (κ1) is 15.1. The predicted octanol–water partition coefficient (Wildman–Crippen LogP) is 4.66. The minimum Gasteiger partial charge on any atom is -0.493 e. The van der Waals surface area contributed by atoms with Crippen LogP contribution in [0.1, 0.15) is 62.9 Å². The number of para-hydroxylation sites is 1. The Bertz CT molecular complexity index is 483. The molecule has 20 heavy (non-hydrogen) atoms. The second kappa shape index (κ2) is 5.99. The number of hydrogen-bond acceptors (Lipinski definition) is 2. The third-order valence-electron chi connectivity index (χ3n) is 3.73. The number of Topliss-reactive ketones (excluding diaryl/α,β-unsaturated/α-hetero) is 1. The molecule has 1 atom stereocenters. The van der Waals surface area contributed by atoms with Crippen LogP contribution in [0.25, 0.3) is 0 Å². The van der Waals surface area contributed by atoms with Gasteiger partial charge in [-0.05, 0) is 42.2 Å². The van der Waals surface area contributed by atoms with Crippen molar-refractivity contribution in [1.82, 2.24) is 0 Å². The van der Waals surface area contributed by atoms with E-state index >= 15 is 0 Å². The summed E-state index contributed by atoms with van der Waals surface area (Å²) in [6.07, 6.45) is 3.74. The van der Waals surface area contributed by atoms with E-state index in [0.717, 1.165) is 37.2 Å². The fraction of sp³-hybridized carbons (Fsp3) is 0.611. The number of ketones is 1. The average Bonchev–Trinajstić information content (AvgIpc) is 2.35. The van der Waals surface area contributed by atoms with Gasteiger partial charge in [0, 0.05) is 6.42 Å². The van der Waals surface area contributed by atoms with Crippen LogP contribution in [0.3, 0.4) is 0 Å². The molecule has 0 aliphatic carbocycles. The lowest BCUT2D eigenvalue weighted by atomic mass is 9.82. The highest BCUT2D eigenvalue weighted by Gasteiger charge is 2.22. The van der Waals surface area contributed by atoms with Crippen LogP contribution in [-0.4, -0.2) is 12.4 Å². The van der Waals surface area contributed by atoms with Crippen molar-refractivity contribution in [3.63, 3.8) is 0 Å². The van der Waals surface area contributed by atoms with Gasteiger partial charge < -0.3 is 4.74 Å². The van der Waals surface area contributed by atoms with Crippen molar-refractivity contribution in [3.8, 4) is 5.75 Å². The van der Waals surface area contributed by atoms with Gasteiger partial charge in [-0.2, -0.15) is 0 Å². The fourth-order valence-corrected chi connectivity index (χ4v) is 3.15. The molecule has 0 spiro atoms. The maximum Gasteiger partial charge on any atom is 0.166 e. The molecule has 1 aromatic carbocycles. The summed E-state index contributed by atoms with van der Waals surface area (Å²) in [6.45, 7) is 9.57. The number of carbonyl (C=O) groups excluding carboxylic acids is 1. The van der Waals surface area contributed by atoms with Crippen LogP contribution in [0.2, 0.25) is 0 Å². The van der Waals surface area contributed by atoms with Crippen LogP contribution in [0.15, 0.2) is 18.2 Å². The van der Waals surface area contributed by atoms with Gasteiger partial charge in [0.1, 0.15) is 5.75 Å². The van der Waals surface area contributed by atoms with Crippen LogP contribution < -0.4 is 4.74 Å². The molecule has 0 radical (unpaired) electrons. The molecule has 0 saturated heterocycles. The molecule has 110 valence electrons. The summed E-state index contributed by atoms with van der Waals surface area (Å²) in [5, 5.41) is 0. The van der Waals surface area contributed by atoms with Crippen molar-refractivity contribution in [1.29, 1.82) is 0 Å². The van der Waals surface area contributed by atoms with E-state index in [2.05, 4.69) is 33.8 Å². The van der Waals surface area contributed by atoms with Crippen LogP contribution in [0.4, 0.5) is 0 Å². The van der Waals surface area contributed by atoms with Crippen molar-refractivity contribution in [2.45, 2.75) is 53.4 Å². The zero-order valence-electron chi connectivity index (χ0n) is 13.2. The van der Waals surface area contributed by atoms with Crippen LogP contribution in [0.5, 0.6) is 5.75 Å². The van der Waals surface area contributed by atoms with Gasteiger partial charge in [-0.1, -0.05) is 39.8 Å². The summed E-state index contributed by atoms with van der Waals surface area (Å²) < 4.78 is 5.74. The fourth-order valence-electron chi connectivity index (χ4n) is 3.15. The van der Waals surface area contributed by atoms with E-state index < -0.39 is 0 Å². The molecule has 1 aliphatic heterocycles. The molecule has 0 aromatic heterocycles. The van der Waals surface area contributed by atoms with E-state index in [4.69, 9.17) is 4.74 Å². The Morgan fingerprint density at radius 3 is 2.80 bits per heavy atom. The molecule has 1 aliphatic rings. The Morgan fingerprint density at radius 2 is 2.10 bits per heavy atom. The van der Waals surface area contributed by atoms with Gasteiger partial charge in [-0.15, -0.1) is 0 Å². The minimum atomic E-state index is 0.223. The Morgan fingerprint density at radius 1 is 1.35 bits per heavy atom. The van der Waals surface area contributed by atoms with Crippen molar-refractivity contribution in [2.24, 2.45) is 11.3 Å². The van der Waals surface area contributed by atoms with Crippen molar-refractivity contribution in [2.75, 3.05) is 6.61 Å². The lowest BCUT2D eigenvalue weighted by molar-refractivity contribution is 0.0949. The summed E-state index contributed by atoms with van der Waals surface area (Å²) in [5.74, 6) is 1.47. The number of rotatable bonds is 4. The second-order valence-corrected chi connectivity index (χ2v) is 7.24. The maximum absolute atomic E-state index is 12.5. The quantitative estimate of drug-likeness (QED) is 0.747. The Labute approximate surface area is 122 Å². The molecule has 2 rings (SSSR count). The summed E-state index contributed by atoms with van der Waals surface area (Å²) in [5.41, 5.74) is 2.24. The van der Waals surface area contributed by atoms with Gasteiger partial charge in [0.05, 0.1) is 12.2 Å². The van der Waals surface area contributed by atoms with Crippen molar-refractivity contribution in [3.05, 3.63) is 29.3 Å². The Hall–Kier alpha value is -1.31. The van der Waals surface area contributed by atoms with Crippen LogP contribution >= 0.6 is 0 Å². The second-order valence-electron chi connectivity index (χ2n) is 7.24.